The van der Waals surface area contributed by atoms with Crippen molar-refractivity contribution in [1.29, 1.82) is 0 Å². The SMILES string of the molecule is [C-]#[N+]c1cnc(N2CCOCC2)c(C)c1. The van der Waals surface area contributed by atoms with Crippen LogP contribution >= 0.6 is 0 Å². The number of nitrogens with zero attached hydrogens (tertiary/aromatic N) is 3. The lowest BCUT2D eigenvalue weighted by molar-refractivity contribution is 0.122. The maximum absolute atomic E-state index is 6.91. The number of rotatable bonds is 1. The van der Waals surface area contributed by atoms with Gasteiger partial charge in [0.2, 0.25) is 5.69 Å². The summed E-state index contributed by atoms with van der Waals surface area (Å²) >= 11 is 0. The van der Waals surface area contributed by atoms with Gasteiger partial charge in [0.05, 0.1) is 19.8 Å². The van der Waals surface area contributed by atoms with E-state index >= 15 is 0 Å². The van der Waals surface area contributed by atoms with E-state index in [0.717, 1.165) is 37.7 Å². The molecule has 0 bridgehead atoms. The van der Waals surface area contributed by atoms with Crippen molar-refractivity contribution in [2.75, 3.05) is 31.2 Å². The van der Waals surface area contributed by atoms with Crippen molar-refractivity contribution >= 4 is 11.5 Å². The minimum absolute atomic E-state index is 0.601. The van der Waals surface area contributed by atoms with E-state index in [9.17, 15) is 0 Å². The lowest BCUT2D eigenvalue weighted by Crippen LogP contribution is -2.37. The van der Waals surface area contributed by atoms with Crippen LogP contribution in [0, 0.1) is 13.5 Å². The minimum atomic E-state index is 0.601. The van der Waals surface area contributed by atoms with Gasteiger partial charge in [-0.25, -0.2) is 4.85 Å². The molecule has 0 atom stereocenters. The number of hydrogen-bond acceptors (Lipinski definition) is 3. The molecule has 0 unspecified atom stereocenters. The quantitative estimate of drug-likeness (QED) is 0.651. The Balaban J connectivity index is 2.24. The summed E-state index contributed by atoms with van der Waals surface area (Å²) in [7, 11) is 0. The Morgan fingerprint density at radius 3 is 2.80 bits per heavy atom. The lowest BCUT2D eigenvalue weighted by Gasteiger charge is -2.29. The predicted molar refractivity (Wildman–Crippen MR) is 58.3 cm³/mol. The molecule has 1 aromatic rings. The Morgan fingerprint density at radius 2 is 2.20 bits per heavy atom. The van der Waals surface area contributed by atoms with Gasteiger partial charge in [-0.2, -0.15) is 0 Å². The van der Waals surface area contributed by atoms with E-state index in [-0.39, 0.29) is 0 Å². The van der Waals surface area contributed by atoms with Crippen LogP contribution in [-0.4, -0.2) is 31.3 Å². The van der Waals surface area contributed by atoms with Crippen LogP contribution in [0.15, 0.2) is 12.3 Å². The molecule has 0 aliphatic carbocycles. The minimum Gasteiger partial charge on any atom is -0.378 e. The van der Waals surface area contributed by atoms with Crippen LogP contribution in [-0.2, 0) is 4.74 Å². The second kappa shape index (κ2) is 4.28. The summed E-state index contributed by atoms with van der Waals surface area (Å²) in [5, 5.41) is 0. The zero-order valence-electron chi connectivity index (χ0n) is 8.73. The first kappa shape index (κ1) is 9.94. The summed E-state index contributed by atoms with van der Waals surface area (Å²) in [5.41, 5.74) is 1.66. The third kappa shape index (κ3) is 2.08. The van der Waals surface area contributed by atoms with Gasteiger partial charge in [0.15, 0.2) is 0 Å². The first-order valence-electron chi connectivity index (χ1n) is 4.98. The molecule has 15 heavy (non-hydrogen) atoms. The number of morpholine rings is 1. The van der Waals surface area contributed by atoms with Gasteiger partial charge in [0.25, 0.3) is 0 Å². The highest BCUT2D eigenvalue weighted by Gasteiger charge is 2.14. The fourth-order valence-corrected chi connectivity index (χ4v) is 1.72. The molecule has 1 aliphatic heterocycles. The summed E-state index contributed by atoms with van der Waals surface area (Å²) < 4.78 is 5.29. The standard InChI is InChI=1S/C11H13N3O/c1-9-7-10(12-2)8-13-11(9)14-3-5-15-6-4-14/h7-8H,3-6H2,1H3. The van der Waals surface area contributed by atoms with Crippen LogP contribution in [0.4, 0.5) is 11.5 Å². The highest BCUT2D eigenvalue weighted by Crippen LogP contribution is 2.22. The van der Waals surface area contributed by atoms with E-state index in [1.165, 1.54) is 0 Å². The van der Waals surface area contributed by atoms with Crippen LogP contribution in [0.5, 0.6) is 0 Å². The molecule has 0 spiro atoms. The topological polar surface area (TPSA) is 29.7 Å². The van der Waals surface area contributed by atoms with Crippen LogP contribution in [0.25, 0.3) is 4.85 Å². The number of hydrogen-bond donors (Lipinski definition) is 0. The van der Waals surface area contributed by atoms with Gasteiger partial charge in [-0.3, -0.25) is 4.98 Å². The first-order valence-corrected chi connectivity index (χ1v) is 4.98. The van der Waals surface area contributed by atoms with Crippen molar-refractivity contribution < 1.29 is 4.74 Å². The van der Waals surface area contributed by atoms with Gasteiger partial charge < -0.3 is 9.64 Å². The van der Waals surface area contributed by atoms with E-state index in [4.69, 9.17) is 11.3 Å². The van der Waals surface area contributed by atoms with Crippen molar-refractivity contribution in [3.63, 3.8) is 0 Å². The average Bonchev–Trinajstić information content (AvgIpc) is 2.30. The number of anilines is 1. The smallest absolute Gasteiger partial charge is 0.205 e. The molecule has 0 saturated carbocycles. The first-order chi connectivity index (χ1) is 7.31. The van der Waals surface area contributed by atoms with Crippen molar-refractivity contribution in [2.45, 2.75) is 6.92 Å². The molecule has 1 aliphatic rings. The number of pyridine rings is 1. The van der Waals surface area contributed by atoms with Crippen molar-refractivity contribution in [1.82, 2.24) is 4.98 Å². The maximum atomic E-state index is 6.91. The van der Waals surface area contributed by atoms with Crippen molar-refractivity contribution in [2.24, 2.45) is 0 Å². The van der Waals surface area contributed by atoms with E-state index in [0.29, 0.717) is 5.69 Å². The third-order valence-corrected chi connectivity index (χ3v) is 2.48. The van der Waals surface area contributed by atoms with E-state index < -0.39 is 0 Å². The van der Waals surface area contributed by atoms with Crippen LogP contribution in [0.1, 0.15) is 5.56 Å². The molecule has 4 heteroatoms. The molecule has 1 saturated heterocycles. The fraction of sp³-hybridized carbons (Fsp3) is 0.455. The summed E-state index contributed by atoms with van der Waals surface area (Å²) in [6.07, 6.45) is 1.63. The summed E-state index contributed by atoms with van der Waals surface area (Å²) in [5.74, 6) is 0.978. The van der Waals surface area contributed by atoms with Gasteiger partial charge in [0, 0.05) is 19.3 Å². The van der Waals surface area contributed by atoms with E-state index in [2.05, 4.69) is 14.7 Å². The molecule has 1 aromatic heterocycles. The maximum Gasteiger partial charge on any atom is 0.205 e. The molecule has 0 aromatic carbocycles. The van der Waals surface area contributed by atoms with Gasteiger partial charge >= 0.3 is 0 Å². The third-order valence-electron chi connectivity index (χ3n) is 2.48. The Morgan fingerprint density at radius 1 is 1.47 bits per heavy atom. The van der Waals surface area contributed by atoms with Crippen molar-refractivity contribution in [3.05, 3.63) is 29.2 Å². The lowest BCUT2D eigenvalue weighted by atomic mass is 10.2. The van der Waals surface area contributed by atoms with Crippen LogP contribution < -0.4 is 4.90 Å². The van der Waals surface area contributed by atoms with E-state index in [1.807, 2.05) is 13.0 Å². The molecule has 2 rings (SSSR count). The van der Waals surface area contributed by atoms with Crippen LogP contribution in [0.2, 0.25) is 0 Å². The summed E-state index contributed by atoms with van der Waals surface area (Å²) in [6.45, 7) is 12.2. The molecular formula is C11H13N3O. The number of aromatic nitrogens is 1. The molecule has 0 amide bonds. The van der Waals surface area contributed by atoms with Gasteiger partial charge in [-0.05, 0) is 18.6 Å². The Hall–Kier alpha value is -1.60. The predicted octanol–water partition coefficient (Wildman–Crippen LogP) is 1.78. The largest absolute Gasteiger partial charge is 0.378 e. The molecule has 4 nitrogen and oxygen atoms in total. The highest BCUT2D eigenvalue weighted by molar-refractivity contribution is 5.55. The van der Waals surface area contributed by atoms with Gasteiger partial charge in [-0.1, -0.05) is 0 Å². The number of aryl methyl sites for hydroxylation is 1. The zero-order chi connectivity index (χ0) is 10.7. The Labute approximate surface area is 89.3 Å². The zero-order valence-corrected chi connectivity index (χ0v) is 8.73. The highest BCUT2D eigenvalue weighted by atomic mass is 16.5. The van der Waals surface area contributed by atoms with Gasteiger partial charge in [-0.15, -0.1) is 0 Å². The molecule has 0 N–H and O–H groups in total. The molecule has 1 fully saturated rings. The van der Waals surface area contributed by atoms with Gasteiger partial charge in [0.1, 0.15) is 5.82 Å². The molecule has 0 radical (unpaired) electrons. The normalized spacial score (nSPS) is 16.1. The summed E-state index contributed by atoms with van der Waals surface area (Å²) in [6, 6.07) is 1.88. The number of ether oxygens (including phenoxy) is 1. The molecular weight excluding hydrogens is 190 g/mol. The molecule has 78 valence electrons. The van der Waals surface area contributed by atoms with Crippen LogP contribution in [0.3, 0.4) is 0 Å². The molecule has 2 heterocycles. The second-order valence-corrected chi connectivity index (χ2v) is 3.55. The Bertz CT molecular complexity index is 391. The van der Waals surface area contributed by atoms with Crippen molar-refractivity contribution in [3.8, 4) is 0 Å². The monoisotopic (exact) mass is 203 g/mol. The average molecular weight is 203 g/mol. The second-order valence-electron chi connectivity index (χ2n) is 3.55. The fourth-order valence-electron chi connectivity index (χ4n) is 1.72. The summed E-state index contributed by atoms with van der Waals surface area (Å²) in [4.78, 5) is 9.89. The Kier molecular flexibility index (Phi) is 2.84. The van der Waals surface area contributed by atoms with E-state index in [1.54, 1.807) is 6.20 Å².